The molecule has 1 aromatic heterocycles. The SMILES string of the molecule is COc1cc(C2N=C(N)Nc3nc4cc5c(cc4n32)OCCCO5)cc(Br)c1O. The number of phenolic OH excluding ortho intramolecular Hbond substituents is 1. The minimum Gasteiger partial charge on any atom is -0.503 e. The highest BCUT2D eigenvalue weighted by Gasteiger charge is 2.28. The molecule has 0 amide bonds. The summed E-state index contributed by atoms with van der Waals surface area (Å²) in [5, 5.41) is 13.2. The second-order valence-electron chi connectivity index (χ2n) is 6.71. The van der Waals surface area contributed by atoms with Gasteiger partial charge in [0.1, 0.15) is 0 Å². The number of hydrogen-bond acceptors (Lipinski definition) is 8. The van der Waals surface area contributed by atoms with E-state index in [1.165, 1.54) is 7.11 Å². The molecule has 3 aromatic rings. The van der Waals surface area contributed by atoms with Gasteiger partial charge < -0.3 is 25.1 Å². The third-order valence-electron chi connectivity index (χ3n) is 4.87. The fraction of sp³-hybridized carbons (Fsp3) is 0.263. The normalized spacial score (nSPS) is 17.9. The molecule has 0 bridgehead atoms. The summed E-state index contributed by atoms with van der Waals surface area (Å²) in [4.78, 5) is 9.23. The summed E-state index contributed by atoms with van der Waals surface area (Å²) in [6, 6.07) is 7.28. The van der Waals surface area contributed by atoms with Crippen LogP contribution < -0.4 is 25.3 Å². The summed E-state index contributed by atoms with van der Waals surface area (Å²) in [5.74, 6) is 2.50. The summed E-state index contributed by atoms with van der Waals surface area (Å²) in [7, 11) is 1.50. The quantitative estimate of drug-likeness (QED) is 0.539. The zero-order chi connectivity index (χ0) is 20.1. The van der Waals surface area contributed by atoms with Crippen molar-refractivity contribution in [1.29, 1.82) is 0 Å². The molecule has 0 aliphatic carbocycles. The lowest BCUT2D eigenvalue weighted by Crippen LogP contribution is -2.31. The van der Waals surface area contributed by atoms with E-state index < -0.39 is 6.17 Å². The molecule has 1 atom stereocenters. The standard InChI is InChI=1S/C19H18BrN5O4/c1-27-15-6-9(5-10(20)16(15)26)17-23-18(21)24-19-22-11-7-13-14(8-12(11)25(17)19)29-4-2-3-28-13/h5-8,17,26H,2-4H2,1H3,(H3,21,22,23,24). The first-order valence-electron chi connectivity index (χ1n) is 9.03. The lowest BCUT2D eigenvalue weighted by Gasteiger charge is -2.24. The number of ether oxygens (including phenoxy) is 3. The molecule has 150 valence electrons. The van der Waals surface area contributed by atoms with Crippen molar-refractivity contribution >= 4 is 38.9 Å². The van der Waals surface area contributed by atoms with Gasteiger partial charge in [0.25, 0.3) is 0 Å². The molecular weight excluding hydrogens is 442 g/mol. The number of rotatable bonds is 2. The van der Waals surface area contributed by atoms with Crippen molar-refractivity contribution in [2.24, 2.45) is 10.7 Å². The third-order valence-corrected chi connectivity index (χ3v) is 5.48. The molecule has 10 heteroatoms. The largest absolute Gasteiger partial charge is 0.503 e. The summed E-state index contributed by atoms with van der Waals surface area (Å²) in [5.41, 5.74) is 8.34. The van der Waals surface area contributed by atoms with Crippen LogP contribution in [0.25, 0.3) is 11.0 Å². The number of aliphatic imine (C=N–C) groups is 1. The minimum atomic E-state index is -0.508. The van der Waals surface area contributed by atoms with Crippen LogP contribution >= 0.6 is 15.9 Å². The first-order valence-corrected chi connectivity index (χ1v) is 9.82. The van der Waals surface area contributed by atoms with Crippen molar-refractivity contribution in [2.45, 2.75) is 12.6 Å². The highest BCUT2D eigenvalue weighted by molar-refractivity contribution is 9.10. The van der Waals surface area contributed by atoms with Crippen molar-refractivity contribution < 1.29 is 19.3 Å². The molecule has 0 spiro atoms. The van der Waals surface area contributed by atoms with E-state index in [1.54, 1.807) is 12.1 Å². The van der Waals surface area contributed by atoms with Gasteiger partial charge in [0, 0.05) is 24.1 Å². The number of fused-ring (bicyclic) bond motifs is 4. The van der Waals surface area contributed by atoms with Crippen LogP contribution in [0.1, 0.15) is 18.2 Å². The molecule has 29 heavy (non-hydrogen) atoms. The Morgan fingerprint density at radius 3 is 2.76 bits per heavy atom. The topological polar surface area (TPSA) is 116 Å². The number of benzene rings is 2. The van der Waals surface area contributed by atoms with Crippen molar-refractivity contribution in [3.63, 3.8) is 0 Å². The van der Waals surface area contributed by atoms with Crippen molar-refractivity contribution in [3.05, 3.63) is 34.3 Å². The second-order valence-corrected chi connectivity index (χ2v) is 7.56. The Balaban J connectivity index is 1.71. The van der Waals surface area contributed by atoms with Gasteiger partial charge in [0.05, 0.1) is 35.8 Å². The zero-order valence-corrected chi connectivity index (χ0v) is 17.1. The molecule has 4 N–H and O–H groups in total. The molecule has 3 heterocycles. The van der Waals surface area contributed by atoms with E-state index in [-0.39, 0.29) is 11.7 Å². The van der Waals surface area contributed by atoms with E-state index >= 15 is 0 Å². The number of anilines is 1. The third kappa shape index (κ3) is 2.91. The Morgan fingerprint density at radius 2 is 2.00 bits per heavy atom. The van der Waals surface area contributed by atoms with Gasteiger partial charge in [0.15, 0.2) is 35.1 Å². The van der Waals surface area contributed by atoms with Crippen LogP contribution in [0.5, 0.6) is 23.0 Å². The first-order chi connectivity index (χ1) is 14.0. The van der Waals surface area contributed by atoms with Crippen LogP contribution in [0.3, 0.4) is 0 Å². The maximum atomic E-state index is 10.2. The van der Waals surface area contributed by atoms with Gasteiger partial charge in [-0.25, -0.2) is 9.98 Å². The van der Waals surface area contributed by atoms with E-state index in [4.69, 9.17) is 19.9 Å². The number of aromatic nitrogens is 2. The monoisotopic (exact) mass is 459 g/mol. The molecule has 0 fully saturated rings. The number of nitrogens with one attached hydrogen (secondary N) is 1. The minimum absolute atomic E-state index is 0.0220. The molecule has 0 radical (unpaired) electrons. The Bertz CT molecular complexity index is 1160. The number of aromatic hydroxyl groups is 1. The summed E-state index contributed by atoms with van der Waals surface area (Å²) in [6.07, 6.45) is 0.316. The van der Waals surface area contributed by atoms with Crippen LogP contribution in [-0.4, -0.2) is 40.9 Å². The lowest BCUT2D eigenvalue weighted by atomic mass is 10.1. The molecule has 2 aliphatic rings. The summed E-state index contributed by atoms with van der Waals surface area (Å²) >= 11 is 3.37. The first kappa shape index (κ1) is 17.9. The zero-order valence-electron chi connectivity index (χ0n) is 15.5. The van der Waals surface area contributed by atoms with Crippen molar-refractivity contribution in [2.75, 3.05) is 25.6 Å². The fourth-order valence-electron chi connectivity index (χ4n) is 3.55. The molecule has 0 saturated heterocycles. The number of imidazole rings is 1. The molecule has 2 aliphatic heterocycles. The number of halogens is 1. The van der Waals surface area contributed by atoms with E-state index in [2.05, 4.69) is 31.2 Å². The van der Waals surface area contributed by atoms with Crippen LogP contribution in [0.2, 0.25) is 0 Å². The van der Waals surface area contributed by atoms with E-state index in [0.717, 1.165) is 23.0 Å². The van der Waals surface area contributed by atoms with E-state index in [9.17, 15) is 5.11 Å². The van der Waals surface area contributed by atoms with Gasteiger partial charge in [-0.3, -0.25) is 9.88 Å². The predicted octanol–water partition coefficient (Wildman–Crippen LogP) is 2.96. The number of hydrogen-bond donors (Lipinski definition) is 3. The second kappa shape index (κ2) is 6.73. The van der Waals surface area contributed by atoms with Gasteiger partial charge in [-0.1, -0.05) is 0 Å². The van der Waals surface area contributed by atoms with Gasteiger partial charge in [-0.05, 0) is 28.1 Å². The average Bonchev–Trinajstić information content (AvgIpc) is 2.89. The van der Waals surface area contributed by atoms with Crippen LogP contribution in [0.15, 0.2) is 33.7 Å². The summed E-state index contributed by atoms with van der Waals surface area (Å²) in [6.45, 7) is 1.19. The van der Waals surface area contributed by atoms with Crippen LogP contribution in [-0.2, 0) is 0 Å². The highest BCUT2D eigenvalue weighted by Crippen LogP contribution is 2.42. The molecule has 9 nitrogen and oxygen atoms in total. The molecule has 1 unspecified atom stereocenters. The van der Waals surface area contributed by atoms with Gasteiger partial charge in [-0.2, -0.15) is 0 Å². The van der Waals surface area contributed by atoms with Crippen molar-refractivity contribution in [3.8, 4) is 23.0 Å². The molecule has 2 aromatic carbocycles. The maximum absolute atomic E-state index is 10.2. The summed E-state index contributed by atoms with van der Waals surface area (Å²) < 4.78 is 19.3. The number of nitrogens with two attached hydrogens (primary N) is 1. The van der Waals surface area contributed by atoms with Crippen LogP contribution in [0, 0.1) is 0 Å². The number of nitrogens with zero attached hydrogens (tertiary/aromatic N) is 3. The predicted molar refractivity (Wildman–Crippen MR) is 111 cm³/mol. The van der Waals surface area contributed by atoms with Crippen molar-refractivity contribution in [1.82, 2.24) is 9.55 Å². The van der Waals surface area contributed by atoms with E-state index in [1.807, 2.05) is 16.7 Å². The Kier molecular flexibility index (Phi) is 4.16. The molecule has 0 saturated carbocycles. The Labute approximate surface area is 174 Å². The Hall–Kier alpha value is -3.14. The smallest absolute Gasteiger partial charge is 0.212 e. The Morgan fingerprint density at radius 1 is 1.24 bits per heavy atom. The van der Waals surface area contributed by atoms with E-state index in [0.29, 0.717) is 40.9 Å². The van der Waals surface area contributed by atoms with Gasteiger partial charge in [0.2, 0.25) is 5.95 Å². The number of phenols is 1. The maximum Gasteiger partial charge on any atom is 0.212 e. The number of guanidine groups is 1. The lowest BCUT2D eigenvalue weighted by molar-refractivity contribution is 0.297. The molecular formula is C19H18BrN5O4. The molecule has 5 rings (SSSR count). The van der Waals surface area contributed by atoms with Gasteiger partial charge in [-0.15, -0.1) is 0 Å². The average molecular weight is 460 g/mol. The fourth-order valence-corrected chi connectivity index (χ4v) is 4.01. The highest BCUT2D eigenvalue weighted by atomic mass is 79.9. The van der Waals surface area contributed by atoms with Crippen LogP contribution in [0.4, 0.5) is 5.95 Å². The van der Waals surface area contributed by atoms with Gasteiger partial charge >= 0.3 is 0 Å². The number of methoxy groups -OCH3 is 1.